The molecule has 0 amide bonds. The van der Waals surface area contributed by atoms with Crippen molar-refractivity contribution in [2.24, 2.45) is 0 Å². The molecule has 1 saturated heterocycles. The Kier molecular flexibility index (Phi) is 6.91. The third kappa shape index (κ3) is 5.88. The second kappa shape index (κ2) is 9.61. The zero-order chi connectivity index (χ0) is 17.3. The van der Waals surface area contributed by atoms with E-state index in [9.17, 15) is 4.39 Å². The van der Waals surface area contributed by atoms with Gasteiger partial charge in [-0.05, 0) is 36.7 Å². The summed E-state index contributed by atoms with van der Waals surface area (Å²) in [6.07, 6.45) is 4.69. The van der Waals surface area contributed by atoms with Gasteiger partial charge in [-0.2, -0.15) is 0 Å². The van der Waals surface area contributed by atoms with Crippen LogP contribution >= 0.6 is 0 Å². The van der Waals surface area contributed by atoms with Crippen LogP contribution in [0.3, 0.4) is 0 Å². The molecule has 5 heteroatoms. The second-order valence-corrected chi connectivity index (χ2v) is 6.47. The Morgan fingerprint density at radius 1 is 1.04 bits per heavy atom. The Balaban J connectivity index is 1.58. The molecule has 0 saturated carbocycles. The van der Waals surface area contributed by atoms with Gasteiger partial charge >= 0.3 is 0 Å². The third-order valence-corrected chi connectivity index (χ3v) is 4.56. The number of benzene rings is 1. The molecule has 0 aliphatic carbocycles. The van der Waals surface area contributed by atoms with Gasteiger partial charge in [0, 0.05) is 50.7 Å². The van der Waals surface area contributed by atoms with Crippen molar-refractivity contribution in [1.82, 2.24) is 14.8 Å². The number of rotatable bonds is 8. The molecule has 0 N–H and O–H groups in total. The summed E-state index contributed by atoms with van der Waals surface area (Å²) in [5.41, 5.74) is 1.96. The average molecular weight is 343 g/mol. The van der Waals surface area contributed by atoms with Gasteiger partial charge in [-0.25, -0.2) is 4.39 Å². The summed E-state index contributed by atoms with van der Waals surface area (Å²) < 4.78 is 19.4. The minimum atomic E-state index is -0.129. The molecule has 0 atom stereocenters. The Labute approximate surface area is 149 Å². The van der Waals surface area contributed by atoms with Gasteiger partial charge in [-0.15, -0.1) is 0 Å². The van der Waals surface area contributed by atoms with Gasteiger partial charge in [-0.1, -0.05) is 18.2 Å². The first-order valence-corrected chi connectivity index (χ1v) is 8.96. The molecule has 134 valence electrons. The van der Waals surface area contributed by atoms with Crippen LogP contribution in [0.4, 0.5) is 4.39 Å². The smallest absolute Gasteiger partial charge is 0.127 e. The normalized spacial score (nSPS) is 15.6. The number of hydrogen-bond acceptors (Lipinski definition) is 4. The van der Waals surface area contributed by atoms with Crippen LogP contribution in [-0.4, -0.2) is 54.2 Å². The molecule has 1 aromatic carbocycles. The van der Waals surface area contributed by atoms with Crippen LogP contribution in [0, 0.1) is 5.82 Å². The fourth-order valence-corrected chi connectivity index (χ4v) is 3.17. The number of halogens is 1. The molecule has 1 aliphatic rings. The summed E-state index contributed by atoms with van der Waals surface area (Å²) in [6, 6.07) is 11.1. The van der Waals surface area contributed by atoms with Crippen LogP contribution in [0.25, 0.3) is 0 Å². The van der Waals surface area contributed by atoms with Crippen molar-refractivity contribution in [2.45, 2.75) is 19.5 Å². The van der Waals surface area contributed by atoms with Gasteiger partial charge in [0.2, 0.25) is 0 Å². The SMILES string of the molecule is Fc1ccccc1CN(CCCN1CCOCC1)Cc1ccncc1. The largest absolute Gasteiger partial charge is 0.379 e. The van der Waals surface area contributed by atoms with Crippen LogP contribution < -0.4 is 0 Å². The predicted octanol–water partition coefficient (Wildman–Crippen LogP) is 2.95. The van der Waals surface area contributed by atoms with Crippen LogP contribution in [0.2, 0.25) is 0 Å². The highest BCUT2D eigenvalue weighted by Gasteiger charge is 2.13. The molecule has 0 radical (unpaired) electrons. The van der Waals surface area contributed by atoms with Gasteiger partial charge < -0.3 is 4.74 Å². The lowest BCUT2D eigenvalue weighted by Gasteiger charge is -2.28. The number of pyridine rings is 1. The van der Waals surface area contributed by atoms with Gasteiger partial charge in [-0.3, -0.25) is 14.8 Å². The van der Waals surface area contributed by atoms with Gasteiger partial charge in [0.05, 0.1) is 13.2 Å². The van der Waals surface area contributed by atoms with E-state index >= 15 is 0 Å². The van der Waals surface area contributed by atoms with Crippen molar-refractivity contribution < 1.29 is 9.13 Å². The maximum atomic E-state index is 14.0. The monoisotopic (exact) mass is 343 g/mol. The molecule has 1 aliphatic heterocycles. The summed E-state index contributed by atoms with van der Waals surface area (Å²) in [6.45, 7) is 7.11. The van der Waals surface area contributed by atoms with Crippen LogP contribution in [-0.2, 0) is 17.8 Å². The van der Waals surface area contributed by atoms with Crippen LogP contribution in [0.1, 0.15) is 17.5 Å². The lowest BCUT2D eigenvalue weighted by molar-refractivity contribution is 0.0358. The molecule has 4 nitrogen and oxygen atoms in total. The Bertz CT molecular complexity index is 632. The van der Waals surface area contributed by atoms with E-state index in [1.807, 2.05) is 36.7 Å². The number of ether oxygens (including phenoxy) is 1. The Morgan fingerprint density at radius 2 is 1.80 bits per heavy atom. The van der Waals surface area contributed by atoms with Crippen molar-refractivity contribution in [3.8, 4) is 0 Å². The van der Waals surface area contributed by atoms with E-state index in [0.29, 0.717) is 6.54 Å². The quantitative estimate of drug-likeness (QED) is 0.737. The molecule has 3 rings (SSSR count). The van der Waals surface area contributed by atoms with E-state index in [1.54, 1.807) is 6.07 Å². The standard InChI is InChI=1S/C20H26FN3O/c21-20-5-2-1-4-19(20)17-24(16-18-6-8-22-9-7-18)11-3-10-23-12-14-25-15-13-23/h1-2,4-9H,3,10-17H2. The molecular formula is C20H26FN3O. The molecular weight excluding hydrogens is 317 g/mol. The first kappa shape index (κ1) is 18.0. The highest BCUT2D eigenvalue weighted by molar-refractivity contribution is 5.17. The maximum Gasteiger partial charge on any atom is 0.127 e. The average Bonchev–Trinajstić information content (AvgIpc) is 2.65. The summed E-state index contributed by atoms with van der Waals surface area (Å²) in [5, 5.41) is 0. The maximum absolute atomic E-state index is 14.0. The predicted molar refractivity (Wildman–Crippen MR) is 96.6 cm³/mol. The highest BCUT2D eigenvalue weighted by atomic mass is 19.1. The zero-order valence-corrected chi connectivity index (χ0v) is 14.6. The molecule has 0 bridgehead atoms. The summed E-state index contributed by atoms with van der Waals surface area (Å²) in [5.74, 6) is -0.129. The minimum Gasteiger partial charge on any atom is -0.379 e. The van der Waals surface area contributed by atoms with E-state index in [0.717, 1.165) is 57.9 Å². The van der Waals surface area contributed by atoms with E-state index in [2.05, 4.69) is 14.8 Å². The molecule has 2 heterocycles. The molecule has 2 aromatic rings. The van der Waals surface area contributed by atoms with E-state index in [-0.39, 0.29) is 5.82 Å². The van der Waals surface area contributed by atoms with E-state index in [1.165, 1.54) is 11.6 Å². The number of aromatic nitrogens is 1. The number of hydrogen-bond donors (Lipinski definition) is 0. The fraction of sp³-hybridized carbons (Fsp3) is 0.450. The van der Waals surface area contributed by atoms with Gasteiger partial charge in [0.25, 0.3) is 0 Å². The number of nitrogens with zero attached hydrogens (tertiary/aromatic N) is 3. The van der Waals surface area contributed by atoms with Crippen molar-refractivity contribution in [3.05, 3.63) is 65.7 Å². The summed E-state index contributed by atoms with van der Waals surface area (Å²) in [7, 11) is 0. The van der Waals surface area contributed by atoms with Crippen molar-refractivity contribution in [2.75, 3.05) is 39.4 Å². The Morgan fingerprint density at radius 3 is 2.56 bits per heavy atom. The van der Waals surface area contributed by atoms with Crippen molar-refractivity contribution in [3.63, 3.8) is 0 Å². The zero-order valence-electron chi connectivity index (χ0n) is 14.6. The Hall–Kier alpha value is -1.82. The molecule has 1 aromatic heterocycles. The topological polar surface area (TPSA) is 28.6 Å². The van der Waals surface area contributed by atoms with Crippen molar-refractivity contribution >= 4 is 0 Å². The van der Waals surface area contributed by atoms with Gasteiger partial charge in [0.1, 0.15) is 5.82 Å². The fourth-order valence-electron chi connectivity index (χ4n) is 3.17. The molecule has 0 unspecified atom stereocenters. The third-order valence-electron chi connectivity index (χ3n) is 4.56. The van der Waals surface area contributed by atoms with Crippen molar-refractivity contribution in [1.29, 1.82) is 0 Å². The summed E-state index contributed by atoms with van der Waals surface area (Å²) in [4.78, 5) is 8.83. The minimum absolute atomic E-state index is 0.129. The first-order valence-electron chi connectivity index (χ1n) is 8.96. The lowest BCUT2D eigenvalue weighted by Crippen LogP contribution is -2.38. The first-order chi connectivity index (χ1) is 12.3. The van der Waals surface area contributed by atoms with Crippen LogP contribution in [0.15, 0.2) is 48.8 Å². The van der Waals surface area contributed by atoms with Gasteiger partial charge in [0.15, 0.2) is 0 Å². The number of morpholine rings is 1. The molecule has 25 heavy (non-hydrogen) atoms. The second-order valence-electron chi connectivity index (χ2n) is 6.47. The lowest BCUT2D eigenvalue weighted by atomic mass is 10.1. The molecule has 0 spiro atoms. The molecule has 1 fully saturated rings. The van der Waals surface area contributed by atoms with E-state index < -0.39 is 0 Å². The summed E-state index contributed by atoms with van der Waals surface area (Å²) >= 11 is 0. The highest BCUT2D eigenvalue weighted by Crippen LogP contribution is 2.13. The van der Waals surface area contributed by atoms with E-state index in [4.69, 9.17) is 4.74 Å². The van der Waals surface area contributed by atoms with Crippen LogP contribution in [0.5, 0.6) is 0 Å².